The Labute approximate surface area is 143 Å². The van der Waals surface area contributed by atoms with Crippen LogP contribution in [0.3, 0.4) is 0 Å². The van der Waals surface area contributed by atoms with Gasteiger partial charge < -0.3 is 0 Å². The SMILES string of the molecule is CCC(=C(c1ccccc1)c1ccc(Cl)cc1)c1ccccc1. The molecule has 0 radical (unpaired) electrons. The van der Waals surface area contributed by atoms with Crippen LogP contribution in [0.4, 0.5) is 0 Å². The molecule has 0 N–H and O–H groups in total. The molecule has 0 aliphatic heterocycles. The van der Waals surface area contributed by atoms with Crippen molar-refractivity contribution in [3.63, 3.8) is 0 Å². The fourth-order valence-electron chi connectivity index (χ4n) is 2.90. The van der Waals surface area contributed by atoms with Crippen molar-refractivity contribution in [3.05, 3.63) is 107 Å². The molecule has 0 spiro atoms. The van der Waals surface area contributed by atoms with Gasteiger partial charge in [0.15, 0.2) is 0 Å². The number of hydrogen-bond acceptors (Lipinski definition) is 0. The first kappa shape index (κ1) is 15.6. The monoisotopic (exact) mass is 318 g/mol. The molecule has 0 aromatic heterocycles. The third-order valence-corrected chi connectivity index (χ3v) is 4.22. The maximum atomic E-state index is 6.08. The Bertz CT molecular complexity index is 784. The van der Waals surface area contributed by atoms with Crippen molar-refractivity contribution in [2.75, 3.05) is 0 Å². The standard InChI is InChI=1S/C22H19Cl/c1-2-21(17-9-5-3-6-10-17)22(18-11-7-4-8-12-18)19-13-15-20(23)16-14-19/h3-16H,2H2,1H3. The molecule has 0 fully saturated rings. The van der Waals surface area contributed by atoms with Gasteiger partial charge in [-0.1, -0.05) is 91.3 Å². The molecule has 0 unspecified atom stereocenters. The summed E-state index contributed by atoms with van der Waals surface area (Å²) in [6, 6.07) is 29.3. The maximum absolute atomic E-state index is 6.08. The second kappa shape index (κ2) is 7.30. The Morgan fingerprint density at radius 3 is 1.65 bits per heavy atom. The zero-order valence-electron chi connectivity index (χ0n) is 13.2. The van der Waals surface area contributed by atoms with Crippen LogP contribution in [-0.2, 0) is 0 Å². The zero-order valence-corrected chi connectivity index (χ0v) is 13.9. The Hall–Kier alpha value is -2.31. The summed E-state index contributed by atoms with van der Waals surface area (Å²) in [7, 11) is 0. The first-order chi connectivity index (χ1) is 11.3. The smallest absolute Gasteiger partial charge is 0.0406 e. The highest BCUT2D eigenvalue weighted by atomic mass is 35.5. The molecule has 0 aliphatic carbocycles. The van der Waals surface area contributed by atoms with Crippen molar-refractivity contribution < 1.29 is 0 Å². The number of benzene rings is 3. The van der Waals surface area contributed by atoms with Crippen LogP contribution in [0, 0.1) is 0 Å². The molecular formula is C22H19Cl. The summed E-state index contributed by atoms with van der Waals surface area (Å²) in [6.45, 7) is 2.21. The van der Waals surface area contributed by atoms with Crippen LogP contribution >= 0.6 is 11.6 Å². The minimum absolute atomic E-state index is 0.763. The number of halogens is 1. The topological polar surface area (TPSA) is 0 Å². The quantitative estimate of drug-likeness (QED) is 0.469. The van der Waals surface area contributed by atoms with E-state index < -0.39 is 0 Å². The largest absolute Gasteiger partial charge is 0.0843 e. The Morgan fingerprint density at radius 2 is 1.13 bits per heavy atom. The molecule has 0 nitrogen and oxygen atoms in total. The molecule has 3 rings (SSSR count). The summed E-state index contributed by atoms with van der Waals surface area (Å²) in [5, 5.41) is 0.763. The highest BCUT2D eigenvalue weighted by molar-refractivity contribution is 6.30. The fraction of sp³-hybridized carbons (Fsp3) is 0.0909. The van der Waals surface area contributed by atoms with E-state index in [1.807, 2.05) is 12.1 Å². The lowest BCUT2D eigenvalue weighted by atomic mass is 9.88. The van der Waals surface area contributed by atoms with E-state index in [0.29, 0.717) is 0 Å². The van der Waals surface area contributed by atoms with E-state index >= 15 is 0 Å². The number of hydrogen-bond donors (Lipinski definition) is 0. The van der Waals surface area contributed by atoms with Gasteiger partial charge in [0, 0.05) is 5.02 Å². The fourth-order valence-corrected chi connectivity index (χ4v) is 3.03. The first-order valence-electron chi connectivity index (χ1n) is 7.89. The van der Waals surface area contributed by atoms with Crippen molar-refractivity contribution in [1.29, 1.82) is 0 Å². The molecule has 3 aromatic rings. The van der Waals surface area contributed by atoms with E-state index in [2.05, 4.69) is 79.7 Å². The van der Waals surface area contributed by atoms with Crippen LogP contribution in [0.1, 0.15) is 30.0 Å². The maximum Gasteiger partial charge on any atom is 0.0406 e. The molecule has 0 atom stereocenters. The van der Waals surface area contributed by atoms with Crippen LogP contribution in [0.25, 0.3) is 11.1 Å². The Morgan fingerprint density at radius 1 is 0.652 bits per heavy atom. The van der Waals surface area contributed by atoms with Crippen LogP contribution in [0.2, 0.25) is 5.02 Å². The van der Waals surface area contributed by atoms with Gasteiger partial charge in [-0.05, 0) is 46.4 Å². The number of allylic oxidation sites excluding steroid dienone is 1. The van der Waals surface area contributed by atoms with E-state index in [0.717, 1.165) is 11.4 Å². The Balaban J connectivity index is 2.26. The van der Waals surface area contributed by atoms with Crippen molar-refractivity contribution in [1.82, 2.24) is 0 Å². The summed E-state index contributed by atoms with van der Waals surface area (Å²) >= 11 is 6.08. The van der Waals surface area contributed by atoms with Gasteiger partial charge in [-0.2, -0.15) is 0 Å². The minimum Gasteiger partial charge on any atom is -0.0843 e. The molecular weight excluding hydrogens is 300 g/mol. The highest BCUT2D eigenvalue weighted by Crippen LogP contribution is 2.34. The zero-order chi connectivity index (χ0) is 16.1. The van der Waals surface area contributed by atoms with Crippen molar-refractivity contribution in [2.45, 2.75) is 13.3 Å². The normalized spacial score (nSPS) is 11.9. The van der Waals surface area contributed by atoms with Gasteiger partial charge in [0.25, 0.3) is 0 Å². The highest BCUT2D eigenvalue weighted by Gasteiger charge is 2.12. The van der Waals surface area contributed by atoms with Crippen molar-refractivity contribution >= 4 is 22.7 Å². The summed E-state index contributed by atoms with van der Waals surface area (Å²) in [5.41, 5.74) is 6.32. The third-order valence-electron chi connectivity index (χ3n) is 3.97. The van der Waals surface area contributed by atoms with Gasteiger partial charge in [-0.15, -0.1) is 0 Å². The molecule has 0 saturated carbocycles. The van der Waals surface area contributed by atoms with Gasteiger partial charge in [0.2, 0.25) is 0 Å². The van der Waals surface area contributed by atoms with Crippen LogP contribution < -0.4 is 0 Å². The molecule has 0 amide bonds. The number of rotatable bonds is 4. The average Bonchev–Trinajstić information content (AvgIpc) is 2.62. The van der Waals surface area contributed by atoms with Gasteiger partial charge in [0.1, 0.15) is 0 Å². The van der Waals surface area contributed by atoms with Crippen LogP contribution in [0.15, 0.2) is 84.9 Å². The second-order valence-electron chi connectivity index (χ2n) is 5.45. The molecule has 114 valence electrons. The van der Waals surface area contributed by atoms with E-state index in [1.54, 1.807) is 0 Å². The van der Waals surface area contributed by atoms with E-state index in [-0.39, 0.29) is 0 Å². The van der Waals surface area contributed by atoms with Gasteiger partial charge in [0.05, 0.1) is 0 Å². The van der Waals surface area contributed by atoms with E-state index in [1.165, 1.54) is 27.8 Å². The lowest BCUT2D eigenvalue weighted by Gasteiger charge is -2.16. The summed E-state index contributed by atoms with van der Waals surface area (Å²) in [5.74, 6) is 0. The summed E-state index contributed by atoms with van der Waals surface area (Å²) in [4.78, 5) is 0. The van der Waals surface area contributed by atoms with Crippen molar-refractivity contribution in [3.8, 4) is 0 Å². The van der Waals surface area contributed by atoms with Crippen LogP contribution in [0.5, 0.6) is 0 Å². The van der Waals surface area contributed by atoms with E-state index in [9.17, 15) is 0 Å². The molecule has 0 saturated heterocycles. The van der Waals surface area contributed by atoms with Gasteiger partial charge >= 0.3 is 0 Å². The third kappa shape index (κ3) is 3.55. The van der Waals surface area contributed by atoms with Crippen molar-refractivity contribution in [2.24, 2.45) is 0 Å². The van der Waals surface area contributed by atoms with E-state index in [4.69, 9.17) is 11.6 Å². The van der Waals surface area contributed by atoms with Gasteiger partial charge in [-0.25, -0.2) is 0 Å². The molecule has 0 heterocycles. The minimum atomic E-state index is 0.763. The molecule has 3 aromatic carbocycles. The first-order valence-corrected chi connectivity index (χ1v) is 8.27. The lowest BCUT2D eigenvalue weighted by molar-refractivity contribution is 1.24. The van der Waals surface area contributed by atoms with Gasteiger partial charge in [-0.3, -0.25) is 0 Å². The predicted molar refractivity (Wildman–Crippen MR) is 101 cm³/mol. The second-order valence-corrected chi connectivity index (χ2v) is 5.88. The molecule has 1 heteroatoms. The van der Waals surface area contributed by atoms with Crippen LogP contribution in [-0.4, -0.2) is 0 Å². The summed E-state index contributed by atoms with van der Waals surface area (Å²) < 4.78 is 0. The summed E-state index contributed by atoms with van der Waals surface area (Å²) in [6.07, 6.45) is 0.969. The average molecular weight is 319 g/mol. The predicted octanol–water partition coefficient (Wildman–Crippen LogP) is 6.71. The molecule has 23 heavy (non-hydrogen) atoms. The Kier molecular flexibility index (Phi) is 4.95. The lowest BCUT2D eigenvalue weighted by Crippen LogP contribution is -1.94. The molecule has 0 aliphatic rings. The molecule has 0 bridgehead atoms.